The summed E-state index contributed by atoms with van der Waals surface area (Å²) in [6.07, 6.45) is 1.73. The lowest BCUT2D eigenvalue weighted by Gasteiger charge is -2.09. The third-order valence-electron chi connectivity index (χ3n) is 5.37. The molecule has 1 heterocycles. The molecular formula is C26H26N4O2. The van der Waals surface area contributed by atoms with Crippen molar-refractivity contribution in [1.29, 1.82) is 0 Å². The molecule has 2 amide bonds. The second-order valence-corrected chi connectivity index (χ2v) is 7.67. The van der Waals surface area contributed by atoms with Crippen molar-refractivity contribution in [2.75, 3.05) is 10.6 Å². The highest BCUT2D eigenvalue weighted by atomic mass is 16.2. The summed E-state index contributed by atoms with van der Waals surface area (Å²) in [4.78, 5) is 28.4. The fraction of sp³-hybridized carbons (Fsp3) is 0.192. The van der Waals surface area contributed by atoms with Crippen molar-refractivity contribution in [3.05, 3.63) is 89.7 Å². The van der Waals surface area contributed by atoms with Gasteiger partial charge in [0, 0.05) is 36.8 Å². The minimum absolute atomic E-state index is 0.144. The van der Waals surface area contributed by atoms with Crippen LogP contribution < -0.4 is 10.6 Å². The molecule has 162 valence electrons. The average Bonchev–Trinajstić information content (AvgIpc) is 3.16. The molecule has 3 aromatic carbocycles. The molecule has 32 heavy (non-hydrogen) atoms. The summed E-state index contributed by atoms with van der Waals surface area (Å²) in [7, 11) is 0. The fourth-order valence-electron chi connectivity index (χ4n) is 3.79. The maximum absolute atomic E-state index is 12.5. The molecule has 0 atom stereocenters. The first kappa shape index (κ1) is 21.3. The van der Waals surface area contributed by atoms with Gasteiger partial charge in [-0.25, -0.2) is 4.98 Å². The van der Waals surface area contributed by atoms with E-state index in [4.69, 9.17) is 4.98 Å². The molecule has 1 aromatic heterocycles. The third kappa shape index (κ3) is 4.86. The highest BCUT2D eigenvalue weighted by Gasteiger charge is 2.10. The number of imidazole rings is 1. The quantitative estimate of drug-likeness (QED) is 0.434. The first-order chi connectivity index (χ1) is 15.5. The minimum atomic E-state index is -0.191. The largest absolute Gasteiger partial charge is 0.328 e. The number of carbonyl (C=O) groups excluding carboxylic acids is 2. The Balaban J connectivity index is 1.37. The predicted octanol–water partition coefficient (Wildman–Crippen LogP) is 5.05. The van der Waals surface area contributed by atoms with Crippen molar-refractivity contribution in [2.24, 2.45) is 0 Å². The highest BCUT2D eigenvalue weighted by Crippen LogP contribution is 2.19. The lowest BCUT2D eigenvalue weighted by molar-refractivity contribution is -0.114. The van der Waals surface area contributed by atoms with Crippen LogP contribution in [0, 0.1) is 0 Å². The molecule has 6 heteroatoms. The Morgan fingerprint density at radius 3 is 2.19 bits per heavy atom. The van der Waals surface area contributed by atoms with Crippen molar-refractivity contribution in [1.82, 2.24) is 9.55 Å². The summed E-state index contributed by atoms with van der Waals surface area (Å²) in [6.45, 7) is 4.49. The number of fused-ring (bicyclic) bond motifs is 1. The van der Waals surface area contributed by atoms with Gasteiger partial charge in [0.1, 0.15) is 5.82 Å². The smallest absolute Gasteiger partial charge is 0.255 e. The fourth-order valence-corrected chi connectivity index (χ4v) is 3.79. The molecule has 0 spiro atoms. The maximum atomic E-state index is 12.5. The summed E-state index contributed by atoms with van der Waals surface area (Å²) in [5, 5.41) is 5.60. The number of aryl methyl sites for hydroxylation is 3. The number of hydrogen-bond donors (Lipinski definition) is 2. The van der Waals surface area contributed by atoms with Crippen LogP contribution in [0.4, 0.5) is 11.4 Å². The highest BCUT2D eigenvalue weighted by molar-refractivity contribution is 6.04. The second kappa shape index (κ2) is 9.47. The van der Waals surface area contributed by atoms with Gasteiger partial charge in [0.2, 0.25) is 5.91 Å². The van der Waals surface area contributed by atoms with Crippen LogP contribution in [0.25, 0.3) is 11.0 Å². The Morgan fingerprint density at radius 1 is 0.844 bits per heavy atom. The number of anilines is 2. The van der Waals surface area contributed by atoms with Crippen molar-refractivity contribution < 1.29 is 9.59 Å². The lowest BCUT2D eigenvalue weighted by atomic mass is 10.1. The Bertz CT molecular complexity index is 1240. The lowest BCUT2D eigenvalue weighted by Crippen LogP contribution is -2.12. The number of amides is 2. The van der Waals surface area contributed by atoms with Crippen LogP contribution in [0.3, 0.4) is 0 Å². The van der Waals surface area contributed by atoms with Crippen molar-refractivity contribution in [2.45, 2.75) is 33.2 Å². The van der Waals surface area contributed by atoms with Crippen LogP contribution in [-0.2, 0) is 24.2 Å². The second-order valence-electron chi connectivity index (χ2n) is 7.67. The number of aromatic nitrogens is 2. The van der Waals surface area contributed by atoms with E-state index in [1.165, 1.54) is 18.0 Å². The summed E-state index contributed by atoms with van der Waals surface area (Å²) >= 11 is 0. The predicted molar refractivity (Wildman–Crippen MR) is 128 cm³/mol. The number of rotatable bonds is 7. The molecule has 4 rings (SSSR count). The van der Waals surface area contributed by atoms with Gasteiger partial charge in [0.15, 0.2) is 0 Å². The number of nitrogens with zero attached hydrogens (tertiary/aromatic N) is 2. The molecule has 0 saturated carbocycles. The van der Waals surface area contributed by atoms with Crippen LogP contribution in [0.15, 0.2) is 72.8 Å². The van der Waals surface area contributed by atoms with Gasteiger partial charge in [-0.1, -0.05) is 24.3 Å². The molecule has 0 aliphatic carbocycles. The molecule has 4 aromatic rings. The number of benzene rings is 3. The van der Waals surface area contributed by atoms with Crippen LogP contribution in [-0.4, -0.2) is 21.4 Å². The van der Waals surface area contributed by atoms with Gasteiger partial charge < -0.3 is 15.2 Å². The molecule has 0 aliphatic heterocycles. The van der Waals surface area contributed by atoms with Crippen LogP contribution in [0.2, 0.25) is 0 Å². The van der Waals surface area contributed by atoms with Crippen LogP contribution in [0.5, 0.6) is 0 Å². The van der Waals surface area contributed by atoms with E-state index < -0.39 is 0 Å². The van der Waals surface area contributed by atoms with E-state index in [9.17, 15) is 9.59 Å². The van der Waals surface area contributed by atoms with E-state index in [1.807, 2.05) is 36.4 Å². The molecule has 0 radical (unpaired) electrons. The summed E-state index contributed by atoms with van der Waals surface area (Å²) in [6, 6.07) is 22.9. The molecule has 6 nitrogen and oxygen atoms in total. The number of hydrogen-bond acceptors (Lipinski definition) is 3. The molecular weight excluding hydrogens is 400 g/mol. The van der Waals surface area contributed by atoms with Gasteiger partial charge in [-0.15, -0.1) is 0 Å². The zero-order valence-corrected chi connectivity index (χ0v) is 18.3. The molecule has 2 N–H and O–H groups in total. The molecule has 0 aliphatic rings. The maximum Gasteiger partial charge on any atom is 0.255 e. The van der Waals surface area contributed by atoms with Gasteiger partial charge in [0.05, 0.1) is 11.0 Å². The Morgan fingerprint density at radius 2 is 1.50 bits per heavy atom. The molecule has 0 unspecified atom stereocenters. The van der Waals surface area contributed by atoms with Crippen molar-refractivity contribution in [3.8, 4) is 0 Å². The zero-order chi connectivity index (χ0) is 22.5. The van der Waals surface area contributed by atoms with E-state index in [-0.39, 0.29) is 11.8 Å². The molecule has 0 bridgehead atoms. The van der Waals surface area contributed by atoms with Gasteiger partial charge in [0.25, 0.3) is 5.91 Å². The Kier molecular flexibility index (Phi) is 6.31. The number of para-hydroxylation sites is 2. The first-order valence-corrected chi connectivity index (χ1v) is 10.8. The third-order valence-corrected chi connectivity index (χ3v) is 5.37. The summed E-state index contributed by atoms with van der Waals surface area (Å²) in [5.74, 6) is 0.756. The first-order valence-electron chi connectivity index (χ1n) is 10.8. The zero-order valence-electron chi connectivity index (χ0n) is 18.3. The summed E-state index contributed by atoms with van der Waals surface area (Å²) in [5.41, 5.74) is 5.33. The topological polar surface area (TPSA) is 76.0 Å². The standard InChI is InChI=1S/C26H26N4O2/c1-3-30-24-7-5-4-6-23(24)29-25(30)17-10-19-8-13-22(14-9-19)28-26(32)20-11-15-21(16-12-20)27-18(2)31/h4-9,11-16H,3,10,17H2,1-2H3,(H,27,31)(H,28,32). The SMILES string of the molecule is CCn1c(CCc2ccc(NC(=O)c3ccc(NC(C)=O)cc3)cc2)nc2ccccc21. The van der Waals surface area contributed by atoms with Gasteiger partial charge >= 0.3 is 0 Å². The van der Waals surface area contributed by atoms with E-state index in [2.05, 4.69) is 34.3 Å². The van der Waals surface area contributed by atoms with Crippen molar-refractivity contribution in [3.63, 3.8) is 0 Å². The Hall–Kier alpha value is -3.93. The average molecular weight is 427 g/mol. The van der Waals surface area contributed by atoms with Crippen LogP contribution in [0.1, 0.15) is 35.6 Å². The van der Waals surface area contributed by atoms with E-state index >= 15 is 0 Å². The van der Waals surface area contributed by atoms with E-state index in [0.717, 1.165) is 36.4 Å². The van der Waals surface area contributed by atoms with Crippen molar-refractivity contribution >= 4 is 34.2 Å². The monoisotopic (exact) mass is 426 g/mol. The number of carbonyl (C=O) groups is 2. The normalized spacial score (nSPS) is 10.8. The minimum Gasteiger partial charge on any atom is -0.328 e. The number of nitrogens with one attached hydrogen (secondary N) is 2. The van der Waals surface area contributed by atoms with E-state index in [1.54, 1.807) is 24.3 Å². The van der Waals surface area contributed by atoms with Gasteiger partial charge in [-0.05, 0) is 67.4 Å². The summed E-state index contributed by atoms with van der Waals surface area (Å²) < 4.78 is 2.27. The molecule has 0 saturated heterocycles. The Labute approximate surface area is 187 Å². The van der Waals surface area contributed by atoms with E-state index in [0.29, 0.717) is 11.3 Å². The van der Waals surface area contributed by atoms with Gasteiger partial charge in [-0.3, -0.25) is 9.59 Å². The van der Waals surface area contributed by atoms with Crippen LogP contribution >= 0.6 is 0 Å². The molecule has 0 fully saturated rings. The van der Waals surface area contributed by atoms with Gasteiger partial charge in [-0.2, -0.15) is 0 Å².